The quantitative estimate of drug-likeness (QED) is 0.839. The summed E-state index contributed by atoms with van der Waals surface area (Å²) < 4.78 is 43.7. The number of carbonyl (C=O) groups is 2. The molecule has 9 heteroatoms. The van der Waals surface area contributed by atoms with Crippen molar-refractivity contribution in [2.45, 2.75) is 39.1 Å². The second-order valence-electron chi connectivity index (χ2n) is 6.10. The van der Waals surface area contributed by atoms with Gasteiger partial charge in [-0.2, -0.15) is 18.3 Å². The van der Waals surface area contributed by atoms with Crippen molar-refractivity contribution < 1.29 is 27.5 Å². The van der Waals surface area contributed by atoms with E-state index in [1.54, 1.807) is 6.07 Å². The highest BCUT2D eigenvalue weighted by molar-refractivity contribution is 5.89. The first-order chi connectivity index (χ1) is 11.7. The molecule has 6 nitrogen and oxygen atoms in total. The van der Waals surface area contributed by atoms with Crippen LogP contribution >= 0.6 is 0 Å². The van der Waals surface area contributed by atoms with Gasteiger partial charge in [-0.05, 0) is 23.6 Å². The summed E-state index contributed by atoms with van der Waals surface area (Å²) >= 11 is 0. The number of carbonyl (C=O) groups excluding carboxylic acids is 2. The number of ether oxygens (including phenoxy) is 1. The van der Waals surface area contributed by atoms with E-state index in [0.29, 0.717) is 26.9 Å². The van der Waals surface area contributed by atoms with E-state index < -0.39 is 30.7 Å². The third-order valence-electron chi connectivity index (χ3n) is 4.16. The predicted octanol–water partition coefficient (Wildman–Crippen LogP) is 2.25. The van der Waals surface area contributed by atoms with Gasteiger partial charge in [0.15, 0.2) is 6.10 Å². The molecule has 0 saturated carbocycles. The van der Waals surface area contributed by atoms with Crippen LogP contribution in [-0.4, -0.2) is 45.8 Å². The number of benzene rings is 1. The highest BCUT2D eigenvalue weighted by atomic mass is 19.4. The van der Waals surface area contributed by atoms with Crippen LogP contribution in [0, 0.1) is 6.92 Å². The number of fused-ring (bicyclic) bond motifs is 3. The summed E-state index contributed by atoms with van der Waals surface area (Å²) in [4.78, 5) is 24.5. The monoisotopic (exact) mass is 355 g/mol. The van der Waals surface area contributed by atoms with E-state index in [-0.39, 0.29) is 13.0 Å². The van der Waals surface area contributed by atoms with Gasteiger partial charge >= 0.3 is 12.1 Å². The molecule has 0 bridgehead atoms. The van der Waals surface area contributed by atoms with Crippen molar-refractivity contribution in [3.8, 4) is 0 Å². The maximum absolute atomic E-state index is 12.9. The van der Waals surface area contributed by atoms with E-state index in [1.165, 1.54) is 6.20 Å². The molecule has 1 N–H and O–H groups in total. The molecule has 2 heterocycles. The summed E-state index contributed by atoms with van der Waals surface area (Å²) in [6.45, 7) is 1.33. The molecule has 1 atom stereocenters. The molecule has 134 valence electrons. The fraction of sp³-hybridized carbons (Fsp3) is 0.438. The van der Waals surface area contributed by atoms with E-state index in [1.807, 2.05) is 6.92 Å². The summed E-state index contributed by atoms with van der Waals surface area (Å²) in [5, 5.41) is 7.43. The zero-order valence-corrected chi connectivity index (χ0v) is 13.6. The molecular formula is C16H16F3N3O3. The summed E-state index contributed by atoms with van der Waals surface area (Å²) in [6.07, 6.45) is -4.26. The fourth-order valence-electron chi connectivity index (χ4n) is 3.18. The van der Waals surface area contributed by atoms with Crippen LogP contribution in [0.3, 0.4) is 0 Å². The van der Waals surface area contributed by atoms with E-state index in [0.717, 1.165) is 12.5 Å². The Hall–Kier alpha value is -2.58. The Morgan fingerprint density at radius 3 is 2.84 bits per heavy atom. The van der Waals surface area contributed by atoms with Gasteiger partial charge in [0.25, 0.3) is 5.91 Å². The number of aromatic amines is 1. The summed E-state index contributed by atoms with van der Waals surface area (Å²) in [5.74, 6) is -1.56. The van der Waals surface area contributed by atoms with Crippen LogP contribution in [0.2, 0.25) is 0 Å². The molecule has 0 unspecified atom stereocenters. The largest absolute Gasteiger partial charge is 0.452 e. The van der Waals surface area contributed by atoms with E-state index in [9.17, 15) is 22.8 Å². The third-order valence-corrected chi connectivity index (χ3v) is 4.16. The second-order valence-corrected chi connectivity index (χ2v) is 6.10. The molecule has 25 heavy (non-hydrogen) atoms. The topological polar surface area (TPSA) is 75.3 Å². The molecule has 1 aromatic carbocycles. The van der Waals surface area contributed by atoms with Crippen LogP contribution in [0.5, 0.6) is 0 Å². The lowest BCUT2D eigenvalue weighted by atomic mass is 9.96. The molecule has 0 aliphatic carbocycles. The van der Waals surface area contributed by atoms with E-state index in [4.69, 9.17) is 4.74 Å². The third kappa shape index (κ3) is 3.45. The number of H-pyrrole nitrogens is 1. The van der Waals surface area contributed by atoms with Crippen molar-refractivity contribution in [2.75, 3.05) is 6.54 Å². The lowest BCUT2D eigenvalue weighted by Crippen LogP contribution is -2.44. The number of aryl methyl sites for hydroxylation is 1. The Morgan fingerprint density at radius 1 is 1.48 bits per heavy atom. The number of hydrogen-bond donors (Lipinski definition) is 1. The summed E-state index contributed by atoms with van der Waals surface area (Å²) in [5.41, 5.74) is 2.82. The molecule has 0 fully saturated rings. The molecule has 3 rings (SSSR count). The maximum Gasteiger partial charge on any atom is 0.406 e. The van der Waals surface area contributed by atoms with Crippen LogP contribution in [0.4, 0.5) is 13.2 Å². The van der Waals surface area contributed by atoms with Crippen molar-refractivity contribution >= 4 is 22.8 Å². The lowest BCUT2D eigenvalue weighted by Gasteiger charge is -2.25. The predicted molar refractivity (Wildman–Crippen MR) is 81.6 cm³/mol. The van der Waals surface area contributed by atoms with Crippen molar-refractivity contribution in [2.24, 2.45) is 0 Å². The molecule has 2 aromatic rings. The zero-order valence-electron chi connectivity index (χ0n) is 13.6. The van der Waals surface area contributed by atoms with E-state index >= 15 is 0 Å². The summed E-state index contributed by atoms with van der Waals surface area (Å²) in [7, 11) is 0. The Kier molecular flexibility index (Phi) is 4.18. The SMILES string of the molecule is CC(=O)O[C@H]1Cc2cc(C)c3[nH]ncc3c2CN(CC(F)(F)F)C1=O. The van der Waals surface area contributed by atoms with Gasteiger partial charge in [-0.25, -0.2) is 0 Å². The van der Waals surface area contributed by atoms with Crippen LogP contribution < -0.4 is 0 Å². The minimum Gasteiger partial charge on any atom is -0.452 e. The number of nitrogens with zero attached hydrogens (tertiary/aromatic N) is 2. The van der Waals surface area contributed by atoms with Crippen LogP contribution in [-0.2, 0) is 27.3 Å². The van der Waals surface area contributed by atoms with Crippen LogP contribution in [0.25, 0.3) is 10.9 Å². The number of nitrogens with one attached hydrogen (secondary N) is 1. The molecule has 1 amide bonds. The average Bonchev–Trinajstić information content (AvgIpc) is 2.93. The molecule has 0 spiro atoms. The lowest BCUT2D eigenvalue weighted by molar-refractivity contribution is -0.172. The number of hydrogen-bond acceptors (Lipinski definition) is 4. The normalized spacial score (nSPS) is 18.2. The molecule has 1 aromatic heterocycles. The number of alkyl halides is 3. The number of halogens is 3. The van der Waals surface area contributed by atoms with Gasteiger partial charge in [0, 0.05) is 25.3 Å². The van der Waals surface area contributed by atoms with Gasteiger partial charge in [0.05, 0.1) is 11.7 Å². The Balaban J connectivity index is 2.11. The number of aromatic nitrogens is 2. The standard InChI is InChI=1S/C16H16F3N3O3/c1-8-3-10-4-13(25-9(2)23)15(24)22(7-16(17,18)19)6-12(10)11-5-20-21-14(8)11/h3,5,13H,4,6-7H2,1-2H3,(H,20,21)/t13-/m0/s1. The highest BCUT2D eigenvalue weighted by Gasteiger charge is 2.39. The maximum atomic E-state index is 12.9. The molecule has 1 aliphatic rings. The minimum absolute atomic E-state index is 0.0318. The summed E-state index contributed by atoms with van der Waals surface area (Å²) in [6, 6.07) is 1.79. The van der Waals surface area contributed by atoms with Gasteiger partial charge in [-0.1, -0.05) is 6.07 Å². The molecule has 0 radical (unpaired) electrons. The molecule has 0 saturated heterocycles. The first-order valence-corrected chi connectivity index (χ1v) is 7.63. The second kappa shape index (κ2) is 6.05. The van der Waals surface area contributed by atoms with Crippen molar-refractivity contribution in [1.82, 2.24) is 15.1 Å². The van der Waals surface area contributed by atoms with Gasteiger partial charge < -0.3 is 9.64 Å². The average molecular weight is 355 g/mol. The smallest absolute Gasteiger partial charge is 0.406 e. The van der Waals surface area contributed by atoms with Crippen LogP contribution in [0.1, 0.15) is 23.6 Å². The Bertz CT molecular complexity index is 844. The molecular weight excluding hydrogens is 339 g/mol. The fourth-order valence-corrected chi connectivity index (χ4v) is 3.18. The number of rotatable bonds is 2. The highest BCUT2D eigenvalue weighted by Crippen LogP contribution is 2.31. The van der Waals surface area contributed by atoms with Crippen molar-refractivity contribution in [3.63, 3.8) is 0 Å². The minimum atomic E-state index is -4.55. The van der Waals surface area contributed by atoms with Gasteiger partial charge in [0.2, 0.25) is 0 Å². The number of amides is 1. The van der Waals surface area contributed by atoms with Crippen LogP contribution in [0.15, 0.2) is 12.3 Å². The molecule has 1 aliphatic heterocycles. The van der Waals surface area contributed by atoms with Crippen molar-refractivity contribution in [3.05, 3.63) is 29.0 Å². The van der Waals surface area contributed by atoms with Crippen molar-refractivity contribution in [1.29, 1.82) is 0 Å². The first kappa shape index (κ1) is 17.2. The van der Waals surface area contributed by atoms with Gasteiger partial charge in [0.1, 0.15) is 6.54 Å². The Morgan fingerprint density at radius 2 is 2.20 bits per heavy atom. The van der Waals surface area contributed by atoms with Gasteiger partial charge in [-0.3, -0.25) is 14.7 Å². The first-order valence-electron chi connectivity index (χ1n) is 7.63. The zero-order chi connectivity index (χ0) is 18.4. The van der Waals surface area contributed by atoms with E-state index in [2.05, 4.69) is 10.2 Å². The van der Waals surface area contributed by atoms with Gasteiger partial charge in [-0.15, -0.1) is 0 Å². The number of esters is 1. The Labute approximate surface area is 140 Å².